The molecule has 1 rings (SSSR count). The van der Waals surface area contributed by atoms with Gasteiger partial charge in [-0.2, -0.15) is 0 Å². The van der Waals surface area contributed by atoms with Gasteiger partial charge in [-0.25, -0.2) is 8.78 Å². The van der Waals surface area contributed by atoms with Gasteiger partial charge in [0.2, 0.25) is 0 Å². The van der Waals surface area contributed by atoms with Crippen LogP contribution < -0.4 is 0 Å². The largest absolute Gasteiger partial charge is 0.270 e. The fourth-order valence-corrected chi connectivity index (χ4v) is 1.33. The van der Waals surface area contributed by atoms with E-state index >= 15 is 0 Å². The topological polar surface area (TPSA) is 0 Å². The summed E-state index contributed by atoms with van der Waals surface area (Å²) in [6, 6.07) is 6.37. The zero-order valence-electron chi connectivity index (χ0n) is 7.36. The second kappa shape index (κ2) is 4.05. The highest BCUT2D eigenvalue weighted by molar-refractivity contribution is 6.17. The van der Waals surface area contributed by atoms with E-state index in [1.54, 1.807) is 12.1 Å². The number of alkyl halides is 3. The zero-order valence-corrected chi connectivity index (χ0v) is 8.11. The van der Waals surface area contributed by atoms with Crippen LogP contribution in [0.1, 0.15) is 18.1 Å². The van der Waals surface area contributed by atoms with Gasteiger partial charge in [0.25, 0.3) is 5.92 Å². The fraction of sp³-hybridized carbons (Fsp3) is 0.400. The van der Waals surface area contributed by atoms with Crippen molar-refractivity contribution in [3.05, 3.63) is 35.4 Å². The first-order chi connectivity index (χ1) is 6.04. The van der Waals surface area contributed by atoms with Crippen molar-refractivity contribution in [2.45, 2.75) is 19.3 Å². The van der Waals surface area contributed by atoms with Gasteiger partial charge in [-0.3, -0.25) is 0 Å². The van der Waals surface area contributed by atoms with E-state index in [2.05, 4.69) is 0 Å². The second-order valence-electron chi connectivity index (χ2n) is 3.03. The molecule has 0 spiro atoms. The lowest BCUT2D eigenvalue weighted by Crippen LogP contribution is -2.07. The number of hydrogen-bond acceptors (Lipinski definition) is 0. The van der Waals surface area contributed by atoms with Crippen molar-refractivity contribution in [1.29, 1.82) is 0 Å². The zero-order chi connectivity index (χ0) is 9.90. The Morgan fingerprint density at radius 3 is 2.62 bits per heavy atom. The molecule has 0 nitrogen and oxygen atoms in total. The summed E-state index contributed by atoms with van der Waals surface area (Å²) in [5.74, 6) is -2.30. The molecular weight excluding hydrogens is 194 g/mol. The average molecular weight is 205 g/mol. The van der Waals surface area contributed by atoms with Crippen molar-refractivity contribution >= 4 is 11.6 Å². The number of rotatable bonds is 3. The minimum absolute atomic E-state index is 0.0510. The molecule has 0 aliphatic rings. The van der Waals surface area contributed by atoms with Gasteiger partial charge in [0.15, 0.2) is 0 Å². The summed E-state index contributed by atoms with van der Waals surface area (Å²) in [7, 11) is 0. The van der Waals surface area contributed by atoms with Crippen LogP contribution in [0.2, 0.25) is 0 Å². The molecule has 0 unspecified atom stereocenters. The van der Waals surface area contributed by atoms with Crippen molar-refractivity contribution < 1.29 is 8.78 Å². The molecule has 0 aliphatic heterocycles. The molecule has 0 saturated carbocycles. The number of hydrogen-bond donors (Lipinski definition) is 0. The summed E-state index contributed by atoms with van der Waals surface area (Å²) in [5, 5.41) is 0. The summed E-state index contributed by atoms with van der Waals surface area (Å²) in [4.78, 5) is 0. The van der Waals surface area contributed by atoms with Gasteiger partial charge in [0.1, 0.15) is 0 Å². The molecule has 0 aromatic heterocycles. The lowest BCUT2D eigenvalue weighted by Gasteiger charge is -2.11. The Balaban J connectivity index is 2.92. The van der Waals surface area contributed by atoms with E-state index in [-0.39, 0.29) is 5.56 Å². The Kier molecular flexibility index (Phi) is 3.26. The molecule has 0 saturated heterocycles. The van der Waals surface area contributed by atoms with Crippen LogP contribution in [0.4, 0.5) is 8.78 Å². The standard InChI is InChI=1S/C10H11ClF2/c1-10(12,13)9-4-2-3-8(7-9)5-6-11/h2-4,7H,5-6H2,1H3. The Labute approximate surface area is 81.5 Å². The molecule has 0 N–H and O–H groups in total. The van der Waals surface area contributed by atoms with Crippen LogP contribution in [0.3, 0.4) is 0 Å². The van der Waals surface area contributed by atoms with Gasteiger partial charge in [0, 0.05) is 18.4 Å². The summed E-state index contributed by atoms with van der Waals surface area (Å²) < 4.78 is 25.7. The van der Waals surface area contributed by atoms with Crippen molar-refractivity contribution in [2.24, 2.45) is 0 Å². The minimum atomic E-state index is -2.76. The molecule has 3 heteroatoms. The smallest absolute Gasteiger partial charge is 0.202 e. The molecular formula is C10H11ClF2. The lowest BCUT2D eigenvalue weighted by molar-refractivity contribution is 0.0174. The van der Waals surface area contributed by atoms with Crippen molar-refractivity contribution in [3.63, 3.8) is 0 Å². The molecule has 13 heavy (non-hydrogen) atoms. The van der Waals surface area contributed by atoms with E-state index in [0.29, 0.717) is 12.3 Å². The summed E-state index contributed by atoms with van der Waals surface area (Å²) in [6.07, 6.45) is 0.630. The Morgan fingerprint density at radius 2 is 2.08 bits per heavy atom. The van der Waals surface area contributed by atoms with E-state index < -0.39 is 5.92 Å². The van der Waals surface area contributed by atoms with E-state index in [0.717, 1.165) is 12.5 Å². The van der Waals surface area contributed by atoms with Gasteiger partial charge in [0.05, 0.1) is 0 Å². The Hall–Kier alpha value is -0.630. The highest BCUT2D eigenvalue weighted by atomic mass is 35.5. The van der Waals surface area contributed by atoms with Crippen LogP contribution in [0.15, 0.2) is 24.3 Å². The first-order valence-corrected chi connectivity index (χ1v) is 4.60. The van der Waals surface area contributed by atoms with Crippen LogP contribution in [0.5, 0.6) is 0 Å². The minimum Gasteiger partial charge on any atom is -0.202 e. The van der Waals surface area contributed by atoms with Gasteiger partial charge < -0.3 is 0 Å². The van der Waals surface area contributed by atoms with Crippen LogP contribution >= 0.6 is 11.6 Å². The normalized spacial score (nSPS) is 11.7. The van der Waals surface area contributed by atoms with Gasteiger partial charge >= 0.3 is 0 Å². The average Bonchev–Trinajstić information content (AvgIpc) is 2.04. The first-order valence-electron chi connectivity index (χ1n) is 4.07. The number of aryl methyl sites for hydroxylation is 1. The van der Waals surface area contributed by atoms with Crippen LogP contribution in [-0.2, 0) is 12.3 Å². The summed E-state index contributed by atoms with van der Waals surface area (Å²) in [6.45, 7) is 0.896. The molecule has 1 aromatic carbocycles. The van der Waals surface area contributed by atoms with E-state index in [4.69, 9.17) is 11.6 Å². The Morgan fingerprint density at radius 1 is 1.38 bits per heavy atom. The van der Waals surface area contributed by atoms with Crippen LogP contribution in [-0.4, -0.2) is 5.88 Å². The second-order valence-corrected chi connectivity index (χ2v) is 3.41. The maximum atomic E-state index is 12.8. The SMILES string of the molecule is CC(F)(F)c1cccc(CCCl)c1. The maximum absolute atomic E-state index is 12.8. The molecule has 0 atom stereocenters. The number of benzene rings is 1. The van der Waals surface area contributed by atoms with E-state index in [1.165, 1.54) is 12.1 Å². The predicted octanol–water partition coefficient (Wildman–Crippen LogP) is 3.58. The third-order valence-electron chi connectivity index (χ3n) is 1.82. The molecule has 0 aliphatic carbocycles. The summed E-state index contributed by atoms with van der Waals surface area (Å²) >= 11 is 5.52. The predicted molar refractivity (Wildman–Crippen MR) is 50.4 cm³/mol. The molecule has 0 amide bonds. The summed E-state index contributed by atoms with van der Waals surface area (Å²) in [5.41, 5.74) is 0.907. The van der Waals surface area contributed by atoms with Crippen LogP contribution in [0.25, 0.3) is 0 Å². The molecule has 0 fully saturated rings. The van der Waals surface area contributed by atoms with Gasteiger partial charge in [-0.15, -0.1) is 11.6 Å². The van der Waals surface area contributed by atoms with Crippen molar-refractivity contribution in [1.82, 2.24) is 0 Å². The Bertz CT molecular complexity index is 278. The molecule has 72 valence electrons. The third kappa shape index (κ3) is 2.96. The van der Waals surface area contributed by atoms with E-state index in [1.807, 2.05) is 0 Å². The van der Waals surface area contributed by atoms with Crippen LogP contribution in [0, 0.1) is 0 Å². The van der Waals surface area contributed by atoms with Crippen molar-refractivity contribution in [3.8, 4) is 0 Å². The molecule has 0 bridgehead atoms. The molecule has 1 aromatic rings. The quantitative estimate of drug-likeness (QED) is 0.661. The highest BCUT2D eigenvalue weighted by Crippen LogP contribution is 2.27. The lowest BCUT2D eigenvalue weighted by atomic mass is 10.1. The van der Waals surface area contributed by atoms with Gasteiger partial charge in [-0.05, 0) is 18.1 Å². The number of halogens is 3. The monoisotopic (exact) mass is 204 g/mol. The highest BCUT2D eigenvalue weighted by Gasteiger charge is 2.23. The third-order valence-corrected chi connectivity index (χ3v) is 2.01. The maximum Gasteiger partial charge on any atom is 0.270 e. The molecule has 0 heterocycles. The fourth-order valence-electron chi connectivity index (χ4n) is 1.11. The van der Waals surface area contributed by atoms with E-state index in [9.17, 15) is 8.78 Å². The van der Waals surface area contributed by atoms with Crippen molar-refractivity contribution in [2.75, 3.05) is 5.88 Å². The first kappa shape index (κ1) is 10.5. The van der Waals surface area contributed by atoms with Gasteiger partial charge in [-0.1, -0.05) is 18.2 Å². The molecule has 0 radical (unpaired) electrons.